The van der Waals surface area contributed by atoms with Crippen molar-refractivity contribution in [1.82, 2.24) is 14.9 Å². The Labute approximate surface area is 172 Å². The monoisotopic (exact) mass is 409 g/mol. The second-order valence-electron chi connectivity index (χ2n) is 8.00. The molecule has 0 spiro atoms. The van der Waals surface area contributed by atoms with Crippen LogP contribution in [0.4, 0.5) is 0 Å². The summed E-state index contributed by atoms with van der Waals surface area (Å²) in [5.74, 6) is 1.96. The van der Waals surface area contributed by atoms with Gasteiger partial charge in [0.25, 0.3) is 5.56 Å². The molecule has 2 aliphatic carbocycles. The summed E-state index contributed by atoms with van der Waals surface area (Å²) in [7, 11) is 1.63. The molecule has 2 fully saturated rings. The maximum atomic E-state index is 12.9. The number of aromatic nitrogens is 2. The molecule has 0 saturated heterocycles. The van der Waals surface area contributed by atoms with E-state index in [-0.39, 0.29) is 18.0 Å². The SMILES string of the molecule is COc1ccc(-c2cc3ncn(CC(=O)NC(C4CC4)C4CC4)c(=O)c3s2)cc1. The van der Waals surface area contributed by atoms with Crippen molar-refractivity contribution in [3.05, 3.63) is 47.0 Å². The normalized spacial score (nSPS) is 16.3. The van der Waals surface area contributed by atoms with Crippen LogP contribution in [0.2, 0.25) is 0 Å². The number of hydrogen-bond donors (Lipinski definition) is 1. The summed E-state index contributed by atoms with van der Waals surface area (Å²) < 4.78 is 7.20. The molecule has 2 aromatic heterocycles. The average Bonchev–Trinajstić information content (AvgIpc) is 3.66. The topological polar surface area (TPSA) is 73.2 Å². The minimum Gasteiger partial charge on any atom is -0.497 e. The maximum Gasteiger partial charge on any atom is 0.271 e. The largest absolute Gasteiger partial charge is 0.497 e. The first kappa shape index (κ1) is 18.4. The fourth-order valence-corrected chi connectivity index (χ4v) is 4.94. The number of carbonyl (C=O) groups is 1. The van der Waals surface area contributed by atoms with Gasteiger partial charge in [0, 0.05) is 10.9 Å². The zero-order chi connectivity index (χ0) is 20.0. The minimum atomic E-state index is -0.163. The van der Waals surface area contributed by atoms with Crippen LogP contribution in [0.15, 0.2) is 41.5 Å². The van der Waals surface area contributed by atoms with Gasteiger partial charge in [0.2, 0.25) is 5.91 Å². The standard InChI is InChI=1S/C22H23N3O3S/c1-28-16-8-6-13(7-9-16)18-10-17-21(29-18)22(27)25(12-23-17)11-19(26)24-20(14-2-3-14)15-4-5-15/h6-10,12,14-15,20H,2-5,11H2,1H3,(H,24,26). The molecule has 2 aliphatic rings. The van der Waals surface area contributed by atoms with Crippen LogP contribution < -0.4 is 15.6 Å². The number of benzene rings is 1. The van der Waals surface area contributed by atoms with Crippen molar-refractivity contribution >= 4 is 27.5 Å². The van der Waals surface area contributed by atoms with Crippen LogP contribution in [0.1, 0.15) is 25.7 Å². The zero-order valence-corrected chi connectivity index (χ0v) is 17.1. The number of rotatable bonds is 7. The summed E-state index contributed by atoms with van der Waals surface area (Å²) in [4.78, 5) is 30.9. The summed E-state index contributed by atoms with van der Waals surface area (Å²) >= 11 is 1.41. The van der Waals surface area contributed by atoms with Gasteiger partial charge in [0.05, 0.1) is 19.0 Å². The predicted molar refractivity (Wildman–Crippen MR) is 113 cm³/mol. The molecule has 0 atom stereocenters. The number of amides is 1. The Hall–Kier alpha value is -2.67. The highest BCUT2D eigenvalue weighted by Crippen LogP contribution is 2.44. The fraction of sp³-hybridized carbons (Fsp3) is 0.409. The molecule has 1 N–H and O–H groups in total. The van der Waals surface area contributed by atoms with Crippen LogP contribution in [0, 0.1) is 11.8 Å². The Balaban J connectivity index is 1.36. The van der Waals surface area contributed by atoms with Gasteiger partial charge in [-0.15, -0.1) is 11.3 Å². The van der Waals surface area contributed by atoms with Crippen molar-refractivity contribution < 1.29 is 9.53 Å². The first-order valence-electron chi connectivity index (χ1n) is 10.0. The molecule has 6 nitrogen and oxygen atoms in total. The molecule has 1 aromatic carbocycles. The lowest BCUT2D eigenvalue weighted by atomic mass is 10.1. The first-order chi connectivity index (χ1) is 14.1. The van der Waals surface area contributed by atoms with Crippen LogP contribution in [-0.4, -0.2) is 28.6 Å². The summed E-state index contributed by atoms with van der Waals surface area (Å²) in [6.07, 6.45) is 6.31. The molecule has 2 saturated carbocycles. The van der Waals surface area contributed by atoms with Gasteiger partial charge in [0.1, 0.15) is 17.0 Å². The smallest absolute Gasteiger partial charge is 0.271 e. The van der Waals surface area contributed by atoms with Gasteiger partial charge >= 0.3 is 0 Å². The number of nitrogens with one attached hydrogen (secondary N) is 1. The van der Waals surface area contributed by atoms with Gasteiger partial charge in [0.15, 0.2) is 0 Å². The van der Waals surface area contributed by atoms with E-state index in [1.54, 1.807) is 7.11 Å². The molecule has 29 heavy (non-hydrogen) atoms. The van der Waals surface area contributed by atoms with E-state index >= 15 is 0 Å². The minimum absolute atomic E-state index is 0.0213. The molecule has 150 valence electrons. The Morgan fingerprint density at radius 3 is 2.55 bits per heavy atom. The van der Waals surface area contributed by atoms with E-state index in [9.17, 15) is 9.59 Å². The summed E-state index contributed by atoms with van der Waals surface area (Å²) in [5.41, 5.74) is 1.51. The third-order valence-electron chi connectivity index (χ3n) is 5.78. The van der Waals surface area contributed by atoms with Crippen LogP contribution in [0.25, 0.3) is 20.7 Å². The maximum absolute atomic E-state index is 12.9. The molecule has 2 heterocycles. The van der Waals surface area contributed by atoms with Gasteiger partial charge in [-0.3, -0.25) is 14.2 Å². The number of fused-ring (bicyclic) bond motifs is 1. The Bertz CT molecular complexity index is 1100. The Kier molecular flexibility index (Phi) is 4.62. The van der Waals surface area contributed by atoms with Crippen molar-refractivity contribution in [2.24, 2.45) is 11.8 Å². The highest BCUT2D eigenvalue weighted by molar-refractivity contribution is 7.22. The van der Waals surface area contributed by atoms with Gasteiger partial charge in [-0.25, -0.2) is 4.98 Å². The second-order valence-corrected chi connectivity index (χ2v) is 9.05. The molecule has 7 heteroatoms. The molecule has 3 aromatic rings. The van der Waals surface area contributed by atoms with E-state index in [1.807, 2.05) is 30.3 Å². The number of thiophene rings is 1. The number of carbonyl (C=O) groups excluding carboxylic acids is 1. The third kappa shape index (κ3) is 3.79. The zero-order valence-electron chi connectivity index (χ0n) is 16.3. The Morgan fingerprint density at radius 2 is 1.93 bits per heavy atom. The van der Waals surface area contributed by atoms with Crippen molar-refractivity contribution in [3.63, 3.8) is 0 Å². The van der Waals surface area contributed by atoms with Crippen LogP contribution in [0.5, 0.6) is 5.75 Å². The number of methoxy groups -OCH3 is 1. The molecular weight excluding hydrogens is 386 g/mol. The molecule has 5 rings (SSSR count). The average molecular weight is 410 g/mol. The Morgan fingerprint density at radius 1 is 1.24 bits per heavy atom. The summed E-state index contributed by atoms with van der Waals surface area (Å²) in [5, 5.41) is 3.17. The summed E-state index contributed by atoms with van der Waals surface area (Å²) in [6.45, 7) is 0.0213. The van der Waals surface area contributed by atoms with Gasteiger partial charge in [-0.1, -0.05) is 0 Å². The molecule has 0 radical (unpaired) electrons. The fourth-order valence-electron chi connectivity index (χ4n) is 3.87. The highest BCUT2D eigenvalue weighted by atomic mass is 32.1. The molecule has 0 bridgehead atoms. The van der Waals surface area contributed by atoms with Crippen molar-refractivity contribution in [2.75, 3.05) is 7.11 Å². The lowest BCUT2D eigenvalue weighted by molar-refractivity contribution is -0.122. The van der Waals surface area contributed by atoms with Gasteiger partial charge < -0.3 is 10.1 Å². The highest BCUT2D eigenvalue weighted by Gasteiger charge is 2.42. The van der Waals surface area contributed by atoms with Gasteiger partial charge in [-0.05, 0) is 73.4 Å². The van der Waals surface area contributed by atoms with Crippen LogP contribution in [0.3, 0.4) is 0 Å². The molecule has 1 amide bonds. The van der Waals surface area contributed by atoms with E-state index in [0.717, 1.165) is 16.2 Å². The van der Waals surface area contributed by atoms with Crippen LogP contribution >= 0.6 is 11.3 Å². The van der Waals surface area contributed by atoms with Crippen molar-refractivity contribution in [1.29, 1.82) is 0 Å². The van der Waals surface area contributed by atoms with E-state index in [0.29, 0.717) is 28.1 Å². The van der Waals surface area contributed by atoms with Crippen molar-refractivity contribution in [2.45, 2.75) is 38.3 Å². The van der Waals surface area contributed by atoms with E-state index in [4.69, 9.17) is 4.74 Å². The first-order valence-corrected chi connectivity index (χ1v) is 10.9. The molecular formula is C22H23N3O3S. The molecule has 0 unspecified atom stereocenters. The van der Waals surface area contributed by atoms with E-state index < -0.39 is 0 Å². The third-order valence-corrected chi connectivity index (χ3v) is 6.94. The second kappa shape index (κ2) is 7.30. The van der Waals surface area contributed by atoms with Crippen molar-refractivity contribution in [3.8, 4) is 16.2 Å². The number of nitrogens with zero attached hydrogens (tertiary/aromatic N) is 2. The van der Waals surface area contributed by atoms with E-state index in [1.165, 1.54) is 47.9 Å². The lowest BCUT2D eigenvalue weighted by Gasteiger charge is -2.17. The number of ether oxygens (including phenoxy) is 1. The van der Waals surface area contributed by atoms with E-state index in [2.05, 4.69) is 10.3 Å². The molecule has 0 aliphatic heterocycles. The number of hydrogen-bond acceptors (Lipinski definition) is 5. The predicted octanol–water partition coefficient (Wildman–Crippen LogP) is 3.44. The quantitative estimate of drug-likeness (QED) is 0.649. The lowest BCUT2D eigenvalue weighted by Crippen LogP contribution is -2.41. The van der Waals surface area contributed by atoms with Gasteiger partial charge in [-0.2, -0.15) is 0 Å². The van der Waals surface area contributed by atoms with Crippen LogP contribution in [-0.2, 0) is 11.3 Å². The summed E-state index contributed by atoms with van der Waals surface area (Å²) in [6, 6.07) is 9.93.